The van der Waals surface area contributed by atoms with Gasteiger partial charge in [0.1, 0.15) is 0 Å². The van der Waals surface area contributed by atoms with Crippen LogP contribution in [0.1, 0.15) is 58.3 Å². The molecular weight excluding hydrogens is 182 g/mol. The number of nitrogens with one attached hydrogen (secondary N) is 1. The number of hydrogen-bond acceptors (Lipinski definition) is 1. The molecule has 1 heteroatoms. The van der Waals surface area contributed by atoms with Gasteiger partial charge in [0.25, 0.3) is 0 Å². The zero-order valence-corrected chi connectivity index (χ0v) is 10.0. The Morgan fingerprint density at radius 1 is 0.933 bits per heavy atom. The van der Waals surface area contributed by atoms with Gasteiger partial charge >= 0.3 is 0 Å². The maximum atomic E-state index is 3.97. The van der Waals surface area contributed by atoms with Crippen molar-refractivity contribution >= 4 is 0 Å². The van der Waals surface area contributed by atoms with Crippen molar-refractivity contribution < 1.29 is 0 Å². The second-order valence-electron chi connectivity index (χ2n) is 6.25. The molecule has 1 nitrogen and oxygen atoms in total. The third-order valence-corrected chi connectivity index (χ3v) is 4.80. The Balaban J connectivity index is 1.56. The van der Waals surface area contributed by atoms with E-state index in [1.807, 2.05) is 0 Å². The van der Waals surface area contributed by atoms with Crippen LogP contribution < -0.4 is 5.32 Å². The highest BCUT2D eigenvalue weighted by atomic mass is 15.0. The molecule has 3 unspecified atom stereocenters. The summed E-state index contributed by atoms with van der Waals surface area (Å²) in [5, 5.41) is 3.97. The normalized spacial score (nSPS) is 39.0. The SMILES string of the molecule is CC1CC1NC(C1CCCCC1)C1CC1. The Bertz CT molecular complexity index is 215. The monoisotopic (exact) mass is 207 g/mol. The summed E-state index contributed by atoms with van der Waals surface area (Å²) in [7, 11) is 0. The lowest BCUT2D eigenvalue weighted by atomic mass is 9.82. The summed E-state index contributed by atoms with van der Waals surface area (Å²) in [6.45, 7) is 2.39. The van der Waals surface area contributed by atoms with Crippen molar-refractivity contribution in [2.45, 2.75) is 70.4 Å². The van der Waals surface area contributed by atoms with Crippen LogP contribution in [-0.2, 0) is 0 Å². The van der Waals surface area contributed by atoms with Gasteiger partial charge < -0.3 is 5.32 Å². The van der Waals surface area contributed by atoms with Crippen molar-refractivity contribution in [3.63, 3.8) is 0 Å². The highest BCUT2D eigenvalue weighted by Gasteiger charge is 2.42. The van der Waals surface area contributed by atoms with E-state index in [1.165, 1.54) is 51.4 Å². The van der Waals surface area contributed by atoms with E-state index in [0.717, 1.165) is 29.8 Å². The molecule has 0 amide bonds. The highest BCUT2D eigenvalue weighted by molar-refractivity contribution is 4.98. The Morgan fingerprint density at radius 3 is 2.07 bits per heavy atom. The lowest BCUT2D eigenvalue weighted by Gasteiger charge is -2.31. The van der Waals surface area contributed by atoms with E-state index >= 15 is 0 Å². The third kappa shape index (κ3) is 2.38. The molecule has 3 aliphatic rings. The van der Waals surface area contributed by atoms with E-state index in [4.69, 9.17) is 0 Å². The van der Waals surface area contributed by atoms with Gasteiger partial charge in [0.2, 0.25) is 0 Å². The fourth-order valence-corrected chi connectivity index (χ4v) is 3.41. The van der Waals surface area contributed by atoms with Crippen molar-refractivity contribution in [1.82, 2.24) is 5.32 Å². The van der Waals surface area contributed by atoms with Crippen LogP contribution in [-0.4, -0.2) is 12.1 Å². The zero-order chi connectivity index (χ0) is 10.3. The molecule has 3 aliphatic carbocycles. The van der Waals surface area contributed by atoms with Crippen LogP contribution in [0.25, 0.3) is 0 Å². The van der Waals surface area contributed by atoms with Gasteiger partial charge in [-0.15, -0.1) is 0 Å². The van der Waals surface area contributed by atoms with Crippen molar-refractivity contribution in [2.75, 3.05) is 0 Å². The van der Waals surface area contributed by atoms with Crippen LogP contribution in [0.3, 0.4) is 0 Å². The predicted molar refractivity (Wildman–Crippen MR) is 63.8 cm³/mol. The Labute approximate surface area is 94.0 Å². The second-order valence-corrected chi connectivity index (χ2v) is 6.25. The molecule has 3 rings (SSSR count). The maximum Gasteiger partial charge on any atom is 0.0126 e. The van der Waals surface area contributed by atoms with Gasteiger partial charge in [0, 0.05) is 12.1 Å². The first-order valence-corrected chi connectivity index (χ1v) is 7.10. The molecule has 3 fully saturated rings. The van der Waals surface area contributed by atoms with Gasteiger partial charge in [-0.1, -0.05) is 26.2 Å². The van der Waals surface area contributed by atoms with Crippen LogP contribution in [0.15, 0.2) is 0 Å². The third-order valence-electron chi connectivity index (χ3n) is 4.80. The largest absolute Gasteiger partial charge is 0.310 e. The van der Waals surface area contributed by atoms with Crippen LogP contribution in [0.5, 0.6) is 0 Å². The van der Waals surface area contributed by atoms with Crippen molar-refractivity contribution in [3.05, 3.63) is 0 Å². The Kier molecular flexibility index (Phi) is 2.76. The van der Waals surface area contributed by atoms with E-state index < -0.39 is 0 Å². The summed E-state index contributed by atoms with van der Waals surface area (Å²) in [5.74, 6) is 3.05. The first-order valence-electron chi connectivity index (χ1n) is 7.10. The molecule has 3 atom stereocenters. The molecule has 0 saturated heterocycles. The summed E-state index contributed by atoms with van der Waals surface area (Å²) >= 11 is 0. The average Bonchev–Trinajstić information content (AvgIpc) is 3.14. The molecule has 3 saturated carbocycles. The van der Waals surface area contributed by atoms with Gasteiger partial charge in [0.05, 0.1) is 0 Å². The summed E-state index contributed by atoms with van der Waals surface area (Å²) in [6.07, 6.45) is 12.0. The quantitative estimate of drug-likeness (QED) is 0.745. The van der Waals surface area contributed by atoms with E-state index in [2.05, 4.69) is 12.2 Å². The van der Waals surface area contributed by atoms with Gasteiger partial charge in [-0.2, -0.15) is 0 Å². The van der Waals surface area contributed by atoms with Gasteiger partial charge in [0.15, 0.2) is 0 Å². The molecule has 0 aliphatic heterocycles. The Morgan fingerprint density at radius 2 is 1.53 bits per heavy atom. The molecule has 0 aromatic heterocycles. The van der Waals surface area contributed by atoms with E-state index in [9.17, 15) is 0 Å². The van der Waals surface area contributed by atoms with Gasteiger partial charge in [-0.25, -0.2) is 0 Å². The topological polar surface area (TPSA) is 12.0 Å². The van der Waals surface area contributed by atoms with Crippen LogP contribution in [0.2, 0.25) is 0 Å². The number of rotatable bonds is 4. The lowest BCUT2D eigenvalue weighted by molar-refractivity contribution is 0.244. The van der Waals surface area contributed by atoms with Crippen molar-refractivity contribution in [3.8, 4) is 0 Å². The molecule has 0 radical (unpaired) electrons. The predicted octanol–water partition coefficient (Wildman–Crippen LogP) is 3.34. The molecule has 0 aromatic carbocycles. The maximum absolute atomic E-state index is 3.97. The van der Waals surface area contributed by atoms with Gasteiger partial charge in [-0.05, 0) is 49.9 Å². The van der Waals surface area contributed by atoms with Crippen LogP contribution >= 0.6 is 0 Å². The zero-order valence-electron chi connectivity index (χ0n) is 10.0. The minimum atomic E-state index is 0.887. The molecular formula is C14H25N. The van der Waals surface area contributed by atoms with E-state index in [-0.39, 0.29) is 0 Å². The summed E-state index contributed by atoms with van der Waals surface area (Å²) in [5.41, 5.74) is 0. The molecule has 0 bridgehead atoms. The Hall–Kier alpha value is -0.0400. The summed E-state index contributed by atoms with van der Waals surface area (Å²) < 4.78 is 0. The van der Waals surface area contributed by atoms with E-state index in [0.29, 0.717) is 0 Å². The summed E-state index contributed by atoms with van der Waals surface area (Å²) in [4.78, 5) is 0. The molecule has 0 aromatic rings. The first kappa shape index (κ1) is 10.1. The molecule has 15 heavy (non-hydrogen) atoms. The fraction of sp³-hybridized carbons (Fsp3) is 1.00. The van der Waals surface area contributed by atoms with Crippen molar-refractivity contribution in [1.29, 1.82) is 0 Å². The molecule has 86 valence electrons. The second kappa shape index (κ2) is 4.08. The minimum absolute atomic E-state index is 0.887. The first-order chi connectivity index (χ1) is 7.34. The molecule has 0 heterocycles. The van der Waals surface area contributed by atoms with Gasteiger partial charge in [-0.3, -0.25) is 0 Å². The summed E-state index contributed by atoms with van der Waals surface area (Å²) in [6, 6.07) is 1.79. The lowest BCUT2D eigenvalue weighted by Crippen LogP contribution is -2.40. The molecule has 0 spiro atoms. The number of hydrogen-bond donors (Lipinski definition) is 1. The van der Waals surface area contributed by atoms with Crippen molar-refractivity contribution in [2.24, 2.45) is 17.8 Å². The highest BCUT2D eigenvalue weighted by Crippen LogP contribution is 2.42. The fourth-order valence-electron chi connectivity index (χ4n) is 3.41. The minimum Gasteiger partial charge on any atom is -0.310 e. The van der Waals surface area contributed by atoms with Crippen LogP contribution in [0, 0.1) is 17.8 Å². The molecule has 1 N–H and O–H groups in total. The van der Waals surface area contributed by atoms with Crippen LogP contribution in [0.4, 0.5) is 0 Å². The average molecular weight is 207 g/mol. The van der Waals surface area contributed by atoms with E-state index in [1.54, 1.807) is 0 Å². The standard InChI is InChI=1S/C14H25N/c1-10-9-13(10)15-14(12-7-8-12)11-5-3-2-4-6-11/h10-15H,2-9H2,1H3. The smallest absolute Gasteiger partial charge is 0.0126 e.